The van der Waals surface area contributed by atoms with Crippen LogP contribution in [-0.4, -0.2) is 47.8 Å². The van der Waals surface area contributed by atoms with Crippen molar-refractivity contribution < 1.29 is 5.11 Å². The molecule has 1 fully saturated rings. The Morgan fingerprint density at radius 2 is 1.65 bits per heavy atom. The number of nitrogens with one attached hydrogen (secondary N) is 1. The highest BCUT2D eigenvalue weighted by molar-refractivity contribution is 4.98. The zero-order valence-corrected chi connectivity index (χ0v) is 12.2. The molecule has 1 aliphatic heterocycles. The standard InChI is InChI=1S/C14H30N2O/c1-13(2)10-12(6-7-15-8-9-17)11-14(3,4)16(13)5/h12,15,17H,6-11H2,1-5H3. The van der Waals surface area contributed by atoms with Crippen LogP contribution in [0.2, 0.25) is 0 Å². The Balaban J connectivity index is 2.48. The highest BCUT2D eigenvalue weighted by Gasteiger charge is 2.42. The van der Waals surface area contributed by atoms with Gasteiger partial charge in [0.05, 0.1) is 6.61 Å². The van der Waals surface area contributed by atoms with Crippen molar-refractivity contribution in [1.82, 2.24) is 10.2 Å². The quantitative estimate of drug-likeness (QED) is 0.722. The van der Waals surface area contributed by atoms with Crippen molar-refractivity contribution in [2.75, 3.05) is 26.7 Å². The molecule has 0 aromatic rings. The van der Waals surface area contributed by atoms with Crippen LogP contribution in [0.3, 0.4) is 0 Å². The summed E-state index contributed by atoms with van der Waals surface area (Å²) >= 11 is 0. The van der Waals surface area contributed by atoms with Crippen LogP contribution in [0, 0.1) is 5.92 Å². The predicted octanol–water partition coefficient (Wildman–Crippen LogP) is 1.86. The van der Waals surface area contributed by atoms with Crippen LogP contribution in [0.1, 0.15) is 47.0 Å². The molecule has 1 saturated heterocycles. The van der Waals surface area contributed by atoms with Gasteiger partial charge in [0.1, 0.15) is 0 Å². The third-order valence-corrected chi connectivity index (χ3v) is 4.41. The molecule has 17 heavy (non-hydrogen) atoms. The molecule has 0 aromatic heterocycles. The minimum atomic E-state index is 0.240. The highest BCUT2D eigenvalue weighted by Crippen LogP contribution is 2.41. The molecule has 0 unspecified atom stereocenters. The Kier molecular flexibility index (Phi) is 4.99. The van der Waals surface area contributed by atoms with Crippen molar-refractivity contribution in [3.8, 4) is 0 Å². The van der Waals surface area contributed by atoms with E-state index in [1.54, 1.807) is 0 Å². The smallest absolute Gasteiger partial charge is 0.0555 e. The first-order chi connectivity index (χ1) is 7.79. The molecule has 0 spiro atoms. The fourth-order valence-corrected chi connectivity index (χ4v) is 3.29. The Morgan fingerprint density at radius 3 is 2.12 bits per heavy atom. The van der Waals surface area contributed by atoms with E-state index >= 15 is 0 Å². The van der Waals surface area contributed by atoms with E-state index in [1.165, 1.54) is 19.3 Å². The fourth-order valence-electron chi connectivity index (χ4n) is 3.29. The maximum atomic E-state index is 8.73. The molecule has 0 bridgehead atoms. The highest BCUT2D eigenvalue weighted by atomic mass is 16.3. The van der Waals surface area contributed by atoms with Crippen molar-refractivity contribution in [1.29, 1.82) is 0 Å². The summed E-state index contributed by atoms with van der Waals surface area (Å²) in [6, 6.07) is 0. The Labute approximate surface area is 107 Å². The van der Waals surface area contributed by atoms with Crippen molar-refractivity contribution in [3.05, 3.63) is 0 Å². The van der Waals surface area contributed by atoms with Crippen LogP contribution in [0.5, 0.6) is 0 Å². The van der Waals surface area contributed by atoms with Gasteiger partial charge in [-0.15, -0.1) is 0 Å². The number of nitrogens with zero attached hydrogens (tertiary/aromatic N) is 1. The van der Waals surface area contributed by atoms with Gasteiger partial charge in [-0.3, -0.25) is 4.90 Å². The summed E-state index contributed by atoms with van der Waals surface area (Å²) in [4.78, 5) is 2.53. The van der Waals surface area contributed by atoms with Gasteiger partial charge in [-0.05, 0) is 66.5 Å². The first kappa shape index (κ1) is 14.9. The largest absolute Gasteiger partial charge is 0.395 e. The molecule has 0 aromatic carbocycles. The van der Waals surface area contributed by atoms with Crippen LogP contribution in [0.25, 0.3) is 0 Å². The number of aliphatic hydroxyl groups excluding tert-OH is 1. The minimum Gasteiger partial charge on any atom is -0.395 e. The number of likely N-dealkylation sites (tertiary alicyclic amines) is 1. The van der Waals surface area contributed by atoms with E-state index in [4.69, 9.17) is 5.11 Å². The summed E-state index contributed by atoms with van der Waals surface area (Å²) in [7, 11) is 2.25. The molecule has 3 heteroatoms. The monoisotopic (exact) mass is 242 g/mol. The number of hydrogen-bond acceptors (Lipinski definition) is 3. The summed E-state index contributed by atoms with van der Waals surface area (Å²) < 4.78 is 0. The molecule has 0 aliphatic carbocycles. The molecular formula is C14H30N2O. The van der Waals surface area contributed by atoms with E-state index in [0.29, 0.717) is 11.1 Å². The second kappa shape index (κ2) is 5.68. The molecule has 1 aliphatic rings. The van der Waals surface area contributed by atoms with Gasteiger partial charge in [0.15, 0.2) is 0 Å². The lowest BCUT2D eigenvalue weighted by Gasteiger charge is -2.54. The molecule has 0 amide bonds. The molecule has 0 radical (unpaired) electrons. The number of piperidine rings is 1. The number of rotatable bonds is 5. The van der Waals surface area contributed by atoms with Crippen molar-refractivity contribution >= 4 is 0 Å². The third kappa shape index (κ3) is 3.94. The molecule has 1 rings (SSSR count). The minimum absolute atomic E-state index is 0.240. The Morgan fingerprint density at radius 1 is 1.12 bits per heavy atom. The van der Waals surface area contributed by atoms with Crippen LogP contribution < -0.4 is 5.32 Å². The van der Waals surface area contributed by atoms with Gasteiger partial charge in [0, 0.05) is 17.6 Å². The normalized spacial score (nSPS) is 25.1. The van der Waals surface area contributed by atoms with Gasteiger partial charge in [0.2, 0.25) is 0 Å². The fraction of sp³-hybridized carbons (Fsp3) is 1.00. The van der Waals surface area contributed by atoms with Gasteiger partial charge < -0.3 is 10.4 Å². The lowest BCUT2D eigenvalue weighted by Crippen LogP contribution is -2.58. The first-order valence-electron chi connectivity index (χ1n) is 6.85. The Hall–Kier alpha value is -0.120. The van der Waals surface area contributed by atoms with Gasteiger partial charge in [-0.1, -0.05) is 0 Å². The topological polar surface area (TPSA) is 35.5 Å². The number of hydrogen-bond donors (Lipinski definition) is 2. The average Bonchev–Trinajstić information content (AvgIpc) is 2.20. The number of aliphatic hydroxyl groups is 1. The van der Waals surface area contributed by atoms with Gasteiger partial charge in [-0.2, -0.15) is 0 Å². The second-order valence-corrected chi connectivity index (χ2v) is 6.72. The maximum Gasteiger partial charge on any atom is 0.0555 e. The van der Waals surface area contributed by atoms with Crippen molar-refractivity contribution in [3.63, 3.8) is 0 Å². The van der Waals surface area contributed by atoms with Crippen LogP contribution in [-0.2, 0) is 0 Å². The first-order valence-corrected chi connectivity index (χ1v) is 6.85. The van der Waals surface area contributed by atoms with E-state index in [0.717, 1.165) is 19.0 Å². The molecule has 1 heterocycles. The van der Waals surface area contributed by atoms with E-state index in [9.17, 15) is 0 Å². The lowest BCUT2D eigenvalue weighted by atomic mass is 9.73. The summed E-state index contributed by atoms with van der Waals surface area (Å²) in [5.41, 5.74) is 0.590. The van der Waals surface area contributed by atoms with Crippen LogP contribution >= 0.6 is 0 Å². The van der Waals surface area contributed by atoms with E-state index < -0.39 is 0 Å². The molecule has 0 saturated carbocycles. The van der Waals surface area contributed by atoms with Crippen LogP contribution in [0.4, 0.5) is 0 Å². The van der Waals surface area contributed by atoms with E-state index in [-0.39, 0.29) is 6.61 Å². The molecule has 0 atom stereocenters. The van der Waals surface area contributed by atoms with E-state index in [2.05, 4.69) is 45.0 Å². The summed E-state index contributed by atoms with van der Waals surface area (Å²) in [5, 5.41) is 12.0. The predicted molar refractivity (Wildman–Crippen MR) is 73.2 cm³/mol. The van der Waals surface area contributed by atoms with Gasteiger partial charge in [0.25, 0.3) is 0 Å². The van der Waals surface area contributed by atoms with E-state index in [1.807, 2.05) is 0 Å². The second-order valence-electron chi connectivity index (χ2n) is 6.72. The molecular weight excluding hydrogens is 212 g/mol. The summed E-state index contributed by atoms with van der Waals surface area (Å²) in [6.07, 6.45) is 3.77. The SMILES string of the molecule is CN1C(C)(C)CC(CCNCCO)CC1(C)C. The summed E-state index contributed by atoms with van der Waals surface area (Å²) in [6.45, 7) is 11.4. The third-order valence-electron chi connectivity index (χ3n) is 4.41. The molecule has 3 nitrogen and oxygen atoms in total. The van der Waals surface area contributed by atoms with Crippen molar-refractivity contribution in [2.24, 2.45) is 5.92 Å². The zero-order chi connectivity index (χ0) is 13.1. The zero-order valence-electron chi connectivity index (χ0n) is 12.2. The molecule has 102 valence electrons. The molecule has 2 N–H and O–H groups in total. The van der Waals surface area contributed by atoms with Gasteiger partial charge >= 0.3 is 0 Å². The Bertz CT molecular complexity index is 220. The lowest BCUT2D eigenvalue weighted by molar-refractivity contribution is -0.0315. The van der Waals surface area contributed by atoms with Crippen molar-refractivity contribution in [2.45, 2.75) is 58.0 Å². The van der Waals surface area contributed by atoms with Crippen LogP contribution in [0.15, 0.2) is 0 Å². The van der Waals surface area contributed by atoms with Gasteiger partial charge in [-0.25, -0.2) is 0 Å². The summed E-state index contributed by atoms with van der Waals surface area (Å²) in [5.74, 6) is 0.794. The maximum absolute atomic E-state index is 8.73. The average molecular weight is 242 g/mol.